The van der Waals surface area contributed by atoms with Crippen molar-refractivity contribution in [3.8, 4) is 0 Å². The summed E-state index contributed by atoms with van der Waals surface area (Å²) in [4.78, 5) is 0. The van der Waals surface area contributed by atoms with Gasteiger partial charge in [0.2, 0.25) is 0 Å². The number of hydrogen-bond donors (Lipinski definition) is 0. The first-order valence-electron chi connectivity index (χ1n) is 6.05. The average Bonchev–Trinajstić information content (AvgIpc) is 2.28. The van der Waals surface area contributed by atoms with Crippen LogP contribution in [0.5, 0.6) is 0 Å². The van der Waals surface area contributed by atoms with Crippen LogP contribution in [0.4, 0.5) is 0 Å². The van der Waals surface area contributed by atoms with Crippen molar-refractivity contribution in [3.63, 3.8) is 0 Å². The van der Waals surface area contributed by atoms with Gasteiger partial charge in [0.15, 0.2) is 0 Å². The standard InChI is InChI=1S/C14H22O2Si/c1-6-17(15-12(2)3,16-13(4)5)14-10-8-7-9-11-14/h6-13H,1H2,2-5H3. The van der Waals surface area contributed by atoms with Gasteiger partial charge in [-0.3, -0.25) is 0 Å². The molecule has 0 aliphatic rings. The Morgan fingerprint density at radius 1 is 1.00 bits per heavy atom. The smallest absolute Gasteiger partial charge is 0.386 e. The Kier molecular flexibility index (Phi) is 5.12. The van der Waals surface area contributed by atoms with Crippen molar-refractivity contribution < 1.29 is 8.85 Å². The molecule has 0 aliphatic heterocycles. The first-order valence-corrected chi connectivity index (χ1v) is 7.94. The number of benzene rings is 1. The lowest BCUT2D eigenvalue weighted by molar-refractivity contribution is 0.124. The molecule has 1 rings (SSSR count). The minimum absolute atomic E-state index is 0.124. The van der Waals surface area contributed by atoms with E-state index >= 15 is 0 Å². The predicted octanol–water partition coefficient (Wildman–Crippen LogP) is 2.91. The fourth-order valence-corrected chi connectivity index (χ4v) is 4.56. The molecule has 0 heterocycles. The highest BCUT2D eigenvalue weighted by Gasteiger charge is 2.38. The van der Waals surface area contributed by atoms with Crippen LogP contribution >= 0.6 is 0 Å². The van der Waals surface area contributed by atoms with Crippen molar-refractivity contribution in [1.82, 2.24) is 0 Å². The summed E-state index contributed by atoms with van der Waals surface area (Å²) in [5, 5.41) is 1.11. The highest BCUT2D eigenvalue weighted by atomic mass is 28.4. The fraction of sp³-hybridized carbons (Fsp3) is 0.429. The van der Waals surface area contributed by atoms with E-state index < -0.39 is 8.56 Å². The first-order chi connectivity index (χ1) is 8.00. The maximum absolute atomic E-state index is 6.08. The normalized spacial score (nSPS) is 12.1. The fourth-order valence-electron chi connectivity index (χ4n) is 1.75. The third-order valence-electron chi connectivity index (χ3n) is 2.27. The monoisotopic (exact) mass is 250 g/mol. The van der Waals surface area contributed by atoms with Crippen molar-refractivity contribution in [2.75, 3.05) is 0 Å². The first kappa shape index (κ1) is 14.2. The van der Waals surface area contributed by atoms with E-state index in [1.807, 2.05) is 51.6 Å². The van der Waals surface area contributed by atoms with E-state index in [9.17, 15) is 0 Å². The van der Waals surface area contributed by atoms with E-state index in [0.717, 1.165) is 5.19 Å². The van der Waals surface area contributed by atoms with Gasteiger partial charge in [0.05, 0.1) is 0 Å². The topological polar surface area (TPSA) is 18.5 Å². The average molecular weight is 250 g/mol. The summed E-state index contributed by atoms with van der Waals surface area (Å²) in [6.07, 6.45) is 0.247. The molecule has 94 valence electrons. The molecule has 0 radical (unpaired) electrons. The van der Waals surface area contributed by atoms with Crippen molar-refractivity contribution in [3.05, 3.63) is 42.6 Å². The lowest BCUT2D eigenvalue weighted by atomic mass is 10.4. The molecule has 0 atom stereocenters. The van der Waals surface area contributed by atoms with E-state index in [1.54, 1.807) is 0 Å². The molecular weight excluding hydrogens is 228 g/mol. The lowest BCUT2D eigenvalue weighted by Crippen LogP contribution is -2.55. The zero-order chi connectivity index (χ0) is 12.9. The van der Waals surface area contributed by atoms with Crippen LogP contribution in [-0.4, -0.2) is 20.8 Å². The second-order valence-electron chi connectivity index (χ2n) is 4.57. The van der Waals surface area contributed by atoms with Crippen molar-refractivity contribution in [2.24, 2.45) is 0 Å². The van der Waals surface area contributed by atoms with E-state index in [-0.39, 0.29) is 12.2 Å². The van der Waals surface area contributed by atoms with Crippen molar-refractivity contribution in [1.29, 1.82) is 0 Å². The SMILES string of the molecule is C=C[Si](OC(C)C)(OC(C)C)c1ccccc1. The van der Waals surface area contributed by atoms with Crippen LogP contribution in [0.25, 0.3) is 0 Å². The van der Waals surface area contributed by atoms with Gasteiger partial charge in [0.1, 0.15) is 0 Å². The van der Waals surface area contributed by atoms with E-state index in [4.69, 9.17) is 8.85 Å². The molecule has 0 fully saturated rings. The zero-order valence-corrected chi connectivity index (χ0v) is 12.1. The van der Waals surface area contributed by atoms with Gasteiger partial charge in [0.25, 0.3) is 0 Å². The molecule has 0 unspecified atom stereocenters. The van der Waals surface area contributed by atoms with Gasteiger partial charge in [-0.2, -0.15) is 0 Å². The van der Waals surface area contributed by atoms with Crippen LogP contribution in [0.3, 0.4) is 0 Å². The molecule has 0 spiro atoms. The zero-order valence-electron chi connectivity index (χ0n) is 11.1. The maximum atomic E-state index is 6.08. The van der Waals surface area contributed by atoms with Gasteiger partial charge >= 0.3 is 8.56 Å². The summed E-state index contributed by atoms with van der Waals surface area (Å²) in [5.74, 6) is 0. The number of rotatable bonds is 6. The molecule has 0 bridgehead atoms. The van der Waals surface area contributed by atoms with Gasteiger partial charge in [-0.15, -0.1) is 6.58 Å². The Morgan fingerprint density at radius 3 is 1.82 bits per heavy atom. The van der Waals surface area contributed by atoms with Gasteiger partial charge in [-0.05, 0) is 38.6 Å². The second-order valence-corrected chi connectivity index (χ2v) is 7.36. The van der Waals surface area contributed by atoms with E-state index in [2.05, 4.69) is 18.7 Å². The molecule has 0 aromatic heterocycles. The predicted molar refractivity (Wildman–Crippen MR) is 74.5 cm³/mol. The van der Waals surface area contributed by atoms with Crippen LogP contribution in [0, 0.1) is 0 Å². The summed E-state index contributed by atoms with van der Waals surface area (Å²) < 4.78 is 12.2. The summed E-state index contributed by atoms with van der Waals surface area (Å²) in [6.45, 7) is 12.0. The Morgan fingerprint density at radius 2 is 1.47 bits per heavy atom. The molecule has 1 aromatic carbocycles. The molecule has 17 heavy (non-hydrogen) atoms. The maximum Gasteiger partial charge on any atom is 0.399 e. The molecule has 0 saturated carbocycles. The molecule has 0 aliphatic carbocycles. The van der Waals surface area contributed by atoms with Gasteiger partial charge in [0, 0.05) is 12.2 Å². The third kappa shape index (κ3) is 3.80. The largest absolute Gasteiger partial charge is 0.399 e. The molecule has 3 heteroatoms. The quantitative estimate of drug-likeness (QED) is 0.723. The Labute approximate surface area is 106 Å². The number of hydrogen-bond acceptors (Lipinski definition) is 2. The summed E-state index contributed by atoms with van der Waals surface area (Å²) in [6, 6.07) is 10.1. The van der Waals surface area contributed by atoms with Gasteiger partial charge < -0.3 is 8.85 Å². The summed E-state index contributed by atoms with van der Waals surface area (Å²) in [7, 11) is -2.51. The Hall–Kier alpha value is -0.903. The van der Waals surface area contributed by atoms with Crippen molar-refractivity contribution in [2.45, 2.75) is 39.9 Å². The Balaban J connectivity index is 3.11. The molecule has 0 saturated heterocycles. The molecule has 0 N–H and O–H groups in total. The summed E-state index contributed by atoms with van der Waals surface area (Å²) in [5.41, 5.74) is 1.86. The van der Waals surface area contributed by atoms with Gasteiger partial charge in [-0.25, -0.2) is 0 Å². The molecule has 1 aromatic rings. The second kappa shape index (κ2) is 6.14. The van der Waals surface area contributed by atoms with Crippen LogP contribution in [0.1, 0.15) is 27.7 Å². The van der Waals surface area contributed by atoms with Crippen LogP contribution in [0.2, 0.25) is 0 Å². The Bertz CT molecular complexity index is 336. The van der Waals surface area contributed by atoms with Crippen LogP contribution in [0.15, 0.2) is 42.6 Å². The summed E-state index contributed by atoms with van der Waals surface area (Å²) >= 11 is 0. The minimum Gasteiger partial charge on any atom is -0.386 e. The highest BCUT2D eigenvalue weighted by Crippen LogP contribution is 2.15. The van der Waals surface area contributed by atoms with Crippen LogP contribution in [-0.2, 0) is 8.85 Å². The van der Waals surface area contributed by atoms with Gasteiger partial charge in [-0.1, -0.05) is 30.3 Å². The van der Waals surface area contributed by atoms with Crippen molar-refractivity contribution >= 4 is 13.7 Å². The highest BCUT2D eigenvalue weighted by molar-refractivity contribution is 6.85. The molecule has 0 amide bonds. The molecular formula is C14H22O2Si. The lowest BCUT2D eigenvalue weighted by Gasteiger charge is -2.31. The van der Waals surface area contributed by atoms with E-state index in [0.29, 0.717) is 0 Å². The third-order valence-corrected chi connectivity index (χ3v) is 5.59. The van der Waals surface area contributed by atoms with E-state index in [1.165, 1.54) is 0 Å². The minimum atomic E-state index is -2.51. The molecule has 2 nitrogen and oxygen atoms in total. The van der Waals surface area contributed by atoms with Crippen LogP contribution < -0.4 is 5.19 Å².